The molecule has 3 heterocycles. The molecule has 0 aliphatic rings. The maximum atomic E-state index is 5.72. The number of aryl methyl sites for hydroxylation is 1. The molecule has 2 N–H and O–H groups in total. The van der Waals surface area contributed by atoms with Crippen LogP contribution in [0.1, 0.15) is 11.3 Å². The second kappa shape index (κ2) is 4.19. The van der Waals surface area contributed by atoms with Crippen LogP contribution >= 0.6 is 0 Å². The van der Waals surface area contributed by atoms with E-state index in [0.29, 0.717) is 6.54 Å². The molecule has 90 valence electrons. The van der Waals surface area contributed by atoms with Gasteiger partial charge in [0.2, 0.25) is 0 Å². The lowest BCUT2D eigenvalue weighted by Gasteiger charge is -1.99. The summed E-state index contributed by atoms with van der Waals surface area (Å²) in [7, 11) is 0. The summed E-state index contributed by atoms with van der Waals surface area (Å²) in [5, 5.41) is 4.60. The number of rotatable bonds is 2. The first-order valence-corrected chi connectivity index (χ1v) is 5.75. The van der Waals surface area contributed by atoms with Crippen molar-refractivity contribution in [1.82, 2.24) is 19.6 Å². The van der Waals surface area contributed by atoms with Gasteiger partial charge in [0, 0.05) is 36.3 Å². The number of nitrogens with zero attached hydrogens (tertiary/aromatic N) is 4. The lowest BCUT2D eigenvalue weighted by molar-refractivity contribution is 0.837. The Bertz CT molecular complexity index is 687. The van der Waals surface area contributed by atoms with Crippen LogP contribution < -0.4 is 5.73 Å². The summed E-state index contributed by atoms with van der Waals surface area (Å²) in [6, 6.07) is 5.77. The molecule has 0 saturated heterocycles. The van der Waals surface area contributed by atoms with Crippen molar-refractivity contribution in [2.75, 3.05) is 0 Å². The highest BCUT2D eigenvalue weighted by molar-refractivity contribution is 5.69. The Morgan fingerprint density at radius 1 is 1.17 bits per heavy atom. The van der Waals surface area contributed by atoms with Crippen molar-refractivity contribution in [3.8, 4) is 11.3 Å². The van der Waals surface area contributed by atoms with E-state index in [-0.39, 0.29) is 0 Å². The molecule has 0 saturated carbocycles. The average Bonchev–Trinajstić information content (AvgIpc) is 2.77. The minimum atomic E-state index is 0.440. The van der Waals surface area contributed by atoms with Crippen LogP contribution in [0.3, 0.4) is 0 Å². The van der Waals surface area contributed by atoms with Crippen molar-refractivity contribution in [2.24, 2.45) is 5.73 Å². The van der Waals surface area contributed by atoms with Gasteiger partial charge in [-0.1, -0.05) is 0 Å². The Hall–Kier alpha value is -2.27. The molecule has 5 nitrogen and oxygen atoms in total. The monoisotopic (exact) mass is 239 g/mol. The highest BCUT2D eigenvalue weighted by Gasteiger charge is 2.13. The lowest BCUT2D eigenvalue weighted by Crippen LogP contribution is -2.05. The first-order valence-electron chi connectivity index (χ1n) is 5.75. The summed E-state index contributed by atoms with van der Waals surface area (Å²) < 4.78 is 1.81. The van der Waals surface area contributed by atoms with Crippen LogP contribution in [0.25, 0.3) is 16.9 Å². The van der Waals surface area contributed by atoms with Crippen molar-refractivity contribution in [3.05, 3.63) is 48.0 Å². The first kappa shape index (κ1) is 10.9. The molecule has 0 aliphatic carbocycles. The molecular formula is C13H13N5. The number of pyridine rings is 1. The predicted octanol–water partition coefficient (Wildman–Crippen LogP) is 1.56. The summed E-state index contributed by atoms with van der Waals surface area (Å²) in [6.07, 6.45) is 5.29. The number of fused-ring (bicyclic) bond motifs is 1. The van der Waals surface area contributed by atoms with Gasteiger partial charge in [0.15, 0.2) is 5.65 Å². The van der Waals surface area contributed by atoms with E-state index >= 15 is 0 Å². The zero-order valence-electron chi connectivity index (χ0n) is 10.0. The van der Waals surface area contributed by atoms with Crippen LogP contribution in [-0.4, -0.2) is 19.6 Å². The molecule has 0 bridgehead atoms. The van der Waals surface area contributed by atoms with Gasteiger partial charge in [-0.3, -0.25) is 4.98 Å². The molecular weight excluding hydrogens is 226 g/mol. The van der Waals surface area contributed by atoms with E-state index in [4.69, 9.17) is 5.73 Å². The Labute approximate surface area is 104 Å². The second-order valence-corrected chi connectivity index (χ2v) is 4.09. The summed E-state index contributed by atoms with van der Waals surface area (Å²) in [5.41, 5.74) is 10.5. The fourth-order valence-electron chi connectivity index (χ4n) is 2.04. The second-order valence-electron chi connectivity index (χ2n) is 4.09. The normalized spacial score (nSPS) is 11.0. The van der Waals surface area contributed by atoms with E-state index in [1.165, 1.54) is 0 Å². The molecule has 0 fully saturated rings. The van der Waals surface area contributed by atoms with E-state index < -0.39 is 0 Å². The van der Waals surface area contributed by atoms with Crippen molar-refractivity contribution in [2.45, 2.75) is 13.5 Å². The zero-order chi connectivity index (χ0) is 12.5. The summed E-state index contributed by atoms with van der Waals surface area (Å²) in [5.74, 6) is 0. The van der Waals surface area contributed by atoms with Crippen molar-refractivity contribution >= 4 is 5.65 Å². The lowest BCUT2D eigenvalue weighted by atomic mass is 10.1. The predicted molar refractivity (Wildman–Crippen MR) is 68.8 cm³/mol. The third-order valence-electron chi connectivity index (χ3n) is 2.99. The smallest absolute Gasteiger partial charge is 0.158 e. The minimum Gasteiger partial charge on any atom is -0.325 e. The standard InChI is InChI=1S/C13H13N5/c1-9-12(10-2-5-15-6-3-10)17-18-11(8-14)4-7-16-13(9)18/h2-7H,8,14H2,1H3. The Kier molecular flexibility index (Phi) is 2.53. The maximum absolute atomic E-state index is 5.72. The van der Waals surface area contributed by atoms with Gasteiger partial charge in [-0.2, -0.15) is 5.10 Å². The van der Waals surface area contributed by atoms with Gasteiger partial charge in [0.05, 0.1) is 11.4 Å². The SMILES string of the molecule is Cc1c(-c2ccncc2)nn2c(CN)ccnc12. The Balaban J connectivity index is 2.29. The molecule has 3 rings (SSSR count). The van der Waals surface area contributed by atoms with Crippen LogP contribution in [0.15, 0.2) is 36.8 Å². The highest BCUT2D eigenvalue weighted by atomic mass is 15.3. The van der Waals surface area contributed by atoms with E-state index in [1.54, 1.807) is 18.6 Å². The number of hydrogen-bond acceptors (Lipinski definition) is 4. The Morgan fingerprint density at radius 3 is 2.67 bits per heavy atom. The molecule has 3 aromatic heterocycles. The molecule has 5 heteroatoms. The Morgan fingerprint density at radius 2 is 1.94 bits per heavy atom. The molecule has 0 radical (unpaired) electrons. The van der Waals surface area contributed by atoms with Gasteiger partial charge in [-0.25, -0.2) is 9.50 Å². The molecule has 0 amide bonds. The third kappa shape index (κ3) is 1.56. The van der Waals surface area contributed by atoms with E-state index in [2.05, 4.69) is 15.1 Å². The fourth-order valence-corrected chi connectivity index (χ4v) is 2.04. The topological polar surface area (TPSA) is 69.1 Å². The molecule has 18 heavy (non-hydrogen) atoms. The van der Waals surface area contributed by atoms with Gasteiger partial charge in [0.25, 0.3) is 0 Å². The molecule has 0 aromatic carbocycles. The van der Waals surface area contributed by atoms with Gasteiger partial charge < -0.3 is 5.73 Å². The number of aromatic nitrogens is 4. The summed E-state index contributed by atoms with van der Waals surface area (Å²) in [6.45, 7) is 2.46. The molecule has 0 aliphatic heterocycles. The van der Waals surface area contributed by atoms with Gasteiger partial charge >= 0.3 is 0 Å². The summed E-state index contributed by atoms with van der Waals surface area (Å²) in [4.78, 5) is 8.38. The summed E-state index contributed by atoms with van der Waals surface area (Å²) >= 11 is 0. The van der Waals surface area contributed by atoms with Crippen LogP contribution in [0, 0.1) is 6.92 Å². The van der Waals surface area contributed by atoms with Crippen LogP contribution in [0.4, 0.5) is 0 Å². The van der Waals surface area contributed by atoms with Crippen molar-refractivity contribution in [3.63, 3.8) is 0 Å². The largest absolute Gasteiger partial charge is 0.325 e. The van der Waals surface area contributed by atoms with Gasteiger partial charge in [-0.15, -0.1) is 0 Å². The van der Waals surface area contributed by atoms with E-state index in [9.17, 15) is 0 Å². The zero-order valence-corrected chi connectivity index (χ0v) is 10.0. The molecule has 0 spiro atoms. The van der Waals surface area contributed by atoms with E-state index in [0.717, 1.165) is 28.2 Å². The van der Waals surface area contributed by atoms with E-state index in [1.807, 2.05) is 29.6 Å². The average molecular weight is 239 g/mol. The molecule has 3 aromatic rings. The maximum Gasteiger partial charge on any atom is 0.158 e. The van der Waals surface area contributed by atoms with Crippen LogP contribution in [0.2, 0.25) is 0 Å². The number of nitrogens with two attached hydrogens (primary N) is 1. The molecule has 0 atom stereocenters. The third-order valence-corrected chi connectivity index (χ3v) is 2.99. The van der Waals surface area contributed by atoms with Crippen LogP contribution in [0.5, 0.6) is 0 Å². The molecule has 0 unspecified atom stereocenters. The van der Waals surface area contributed by atoms with Crippen molar-refractivity contribution in [1.29, 1.82) is 0 Å². The van der Waals surface area contributed by atoms with Crippen LogP contribution in [-0.2, 0) is 6.54 Å². The van der Waals surface area contributed by atoms with Crippen molar-refractivity contribution < 1.29 is 0 Å². The van der Waals surface area contributed by atoms with Gasteiger partial charge in [0.1, 0.15) is 0 Å². The fraction of sp³-hybridized carbons (Fsp3) is 0.154. The highest BCUT2D eigenvalue weighted by Crippen LogP contribution is 2.24. The minimum absolute atomic E-state index is 0.440. The quantitative estimate of drug-likeness (QED) is 0.736. The first-order chi connectivity index (χ1) is 8.81. The van der Waals surface area contributed by atoms with Gasteiger partial charge in [-0.05, 0) is 25.1 Å². The number of hydrogen-bond donors (Lipinski definition) is 1.